The van der Waals surface area contributed by atoms with Gasteiger partial charge in [-0.05, 0) is 25.8 Å². The summed E-state index contributed by atoms with van der Waals surface area (Å²) in [5, 5.41) is 4.43. The van der Waals surface area contributed by atoms with E-state index in [1.807, 2.05) is 11.7 Å². The van der Waals surface area contributed by atoms with E-state index in [0.717, 1.165) is 18.7 Å². The van der Waals surface area contributed by atoms with Gasteiger partial charge in [0.1, 0.15) is 0 Å². The molecular formula is C10H17N3. The van der Waals surface area contributed by atoms with E-state index >= 15 is 0 Å². The lowest BCUT2D eigenvalue weighted by atomic mass is 9.94. The molecule has 1 heterocycles. The number of rotatable bonds is 1. The van der Waals surface area contributed by atoms with Crippen LogP contribution in [0.15, 0.2) is 0 Å². The van der Waals surface area contributed by atoms with E-state index < -0.39 is 0 Å². The van der Waals surface area contributed by atoms with Gasteiger partial charge in [0, 0.05) is 24.2 Å². The van der Waals surface area contributed by atoms with Crippen LogP contribution in [0.3, 0.4) is 0 Å². The predicted octanol–water partition coefficient (Wildman–Crippen LogP) is 0.963. The summed E-state index contributed by atoms with van der Waals surface area (Å²) < 4.78 is 2.01. The molecule has 2 atom stereocenters. The quantitative estimate of drug-likeness (QED) is 0.698. The Morgan fingerprint density at radius 2 is 2.31 bits per heavy atom. The van der Waals surface area contributed by atoms with Crippen molar-refractivity contribution < 1.29 is 0 Å². The summed E-state index contributed by atoms with van der Waals surface area (Å²) in [7, 11) is 2.03. The van der Waals surface area contributed by atoms with Gasteiger partial charge in [-0.15, -0.1) is 0 Å². The van der Waals surface area contributed by atoms with Gasteiger partial charge in [0.05, 0.1) is 5.69 Å². The van der Waals surface area contributed by atoms with Crippen LogP contribution in [0.1, 0.15) is 29.8 Å². The molecule has 0 fully saturated rings. The second-order valence-electron chi connectivity index (χ2n) is 4.09. The van der Waals surface area contributed by atoms with Crippen LogP contribution in [-0.2, 0) is 13.5 Å². The van der Waals surface area contributed by atoms with Gasteiger partial charge in [-0.1, -0.05) is 6.92 Å². The number of fused-ring (bicyclic) bond motifs is 1. The molecule has 0 spiro atoms. The van der Waals surface area contributed by atoms with E-state index in [9.17, 15) is 0 Å². The van der Waals surface area contributed by atoms with Gasteiger partial charge in [0.25, 0.3) is 0 Å². The molecule has 2 unspecified atom stereocenters. The summed E-state index contributed by atoms with van der Waals surface area (Å²) >= 11 is 0. The van der Waals surface area contributed by atoms with E-state index in [0.29, 0.717) is 11.8 Å². The third-order valence-corrected chi connectivity index (χ3v) is 3.22. The smallest absolute Gasteiger partial charge is 0.0631 e. The Bertz CT molecular complexity index is 327. The van der Waals surface area contributed by atoms with Gasteiger partial charge in [0.15, 0.2) is 0 Å². The maximum absolute atomic E-state index is 5.78. The molecular weight excluding hydrogens is 162 g/mol. The van der Waals surface area contributed by atoms with Gasteiger partial charge in [-0.25, -0.2) is 0 Å². The molecule has 3 nitrogen and oxygen atoms in total. The highest BCUT2D eigenvalue weighted by Crippen LogP contribution is 2.38. The van der Waals surface area contributed by atoms with Crippen molar-refractivity contribution in [2.24, 2.45) is 18.7 Å². The van der Waals surface area contributed by atoms with E-state index in [2.05, 4.69) is 18.9 Å². The summed E-state index contributed by atoms with van der Waals surface area (Å²) in [5.74, 6) is 1.21. The number of nitrogens with two attached hydrogens (primary N) is 1. The number of aromatic nitrogens is 2. The van der Waals surface area contributed by atoms with Crippen molar-refractivity contribution >= 4 is 0 Å². The zero-order valence-electron chi connectivity index (χ0n) is 8.54. The second kappa shape index (κ2) is 2.84. The van der Waals surface area contributed by atoms with Crippen LogP contribution in [-0.4, -0.2) is 16.3 Å². The minimum atomic E-state index is 0.531. The SMILES string of the molecule is Cc1nn(C)c2c1C(CN)C(C)C2. The van der Waals surface area contributed by atoms with Gasteiger partial charge >= 0.3 is 0 Å². The van der Waals surface area contributed by atoms with Crippen molar-refractivity contribution in [3.8, 4) is 0 Å². The minimum absolute atomic E-state index is 0.531. The first-order chi connectivity index (χ1) is 6.15. The molecule has 0 bridgehead atoms. The zero-order chi connectivity index (χ0) is 9.59. The van der Waals surface area contributed by atoms with Crippen LogP contribution in [0.25, 0.3) is 0 Å². The number of aryl methyl sites for hydroxylation is 2. The van der Waals surface area contributed by atoms with Crippen LogP contribution < -0.4 is 5.73 Å². The molecule has 2 rings (SSSR count). The summed E-state index contributed by atoms with van der Waals surface area (Å²) in [4.78, 5) is 0. The molecule has 72 valence electrons. The number of hydrogen-bond donors (Lipinski definition) is 1. The topological polar surface area (TPSA) is 43.8 Å². The molecule has 2 N–H and O–H groups in total. The standard InChI is InChI=1S/C10H17N3/c1-6-4-9-10(8(6)5-11)7(2)12-13(9)3/h6,8H,4-5,11H2,1-3H3. The average Bonchev–Trinajstić information content (AvgIpc) is 2.52. The van der Waals surface area contributed by atoms with Crippen molar-refractivity contribution in [2.75, 3.05) is 6.54 Å². The molecule has 1 aromatic heterocycles. The third kappa shape index (κ3) is 1.10. The van der Waals surface area contributed by atoms with Crippen LogP contribution in [0.5, 0.6) is 0 Å². The Kier molecular flexibility index (Phi) is 1.91. The number of nitrogens with zero attached hydrogens (tertiary/aromatic N) is 2. The molecule has 13 heavy (non-hydrogen) atoms. The van der Waals surface area contributed by atoms with Gasteiger partial charge < -0.3 is 5.73 Å². The Morgan fingerprint density at radius 1 is 1.62 bits per heavy atom. The molecule has 0 amide bonds. The maximum atomic E-state index is 5.78. The number of hydrogen-bond acceptors (Lipinski definition) is 2. The van der Waals surface area contributed by atoms with E-state index in [1.54, 1.807) is 0 Å². The summed E-state index contributed by atoms with van der Waals surface area (Å²) in [6.07, 6.45) is 1.13. The lowest BCUT2D eigenvalue weighted by Crippen LogP contribution is -2.16. The maximum Gasteiger partial charge on any atom is 0.0631 e. The Balaban J connectivity index is 2.50. The van der Waals surface area contributed by atoms with E-state index in [-0.39, 0.29) is 0 Å². The van der Waals surface area contributed by atoms with Crippen LogP contribution >= 0.6 is 0 Å². The lowest BCUT2D eigenvalue weighted by Gasteiger charge is -2.13. The highest BCUT2D eigenvalue weighted by atomic mass is 15.3. The van der Waals surface area contributed by atoms with Crippen molar-refractivity contribution in [3.05, 3.63) is 17.0 Å². The van der Waals surface area contributed by atoms with Crippen LogP contribution in [0.4, 0.5) is 0 Å². The van der Waals surface area contributed by atoms with Gasteiger partial charge in [0.2, 0.25) is 0 Å². The molecule has 0 saturated heterocycles. The van der Waals surface area contributed by atoms with E-state index in [4.69, 9.17) is 5.73 Å². The highest BCUT2D eigenvalue weighted by molar-refractivity contribution is 5.35. The summed E-state index contributed by atoms with van der Waals surface area (Å²) in [6, 6.07) is 0. The molecule has 0 aliphatic heterocycles. The van der Waals surface area contributed by atoms with Crippen molar-refractivity contribution in [1.29, 1.82) is 0 Å². The lowest BCUT2D eigenvalue weighted by molar-refractivity contribution is 0.492. The second-order valence-corrected chi connectivity index (χ2v) is 4.09. The fraction of sp³-hybridized carbons (Fsp3) is 0.700. The largest absolute Gasteiger partial charge is 0.330 e. The first-order valence-corrected chi connectivity index (χ1v) is 4.87. The third-order valence-electron chi connectivity index (χ3n) is 3.22. The average molecular weight is 179 g/mol. The molecule has 0 radical (unpaired) electrons. The van der Waals surface area contributed by atoms with Crippen molar-refractivity contribution in [1.82, 2.24) is 9.78 Å². The van der Waals surface area contributed by atoms with Gasteiger partial charge in [-0.2, -0.15) is 5.10 Å². The first-order valence-electron chi connectivity index (χ1n) is 4.87. The monoisotopic (exact) mass is 179 g/mol. The molecule has 0 saturated carbocycles. The summed E-state index contributed by atoms with van der Waals surface area (Å²) in [6.45, 7) is 5.11. The first kappa shape index (κ1) is 8.75. The van der Waals surface area contributed by atoms with Gasteiger partial charge in [-0.3, -0.25) is 4.68 Å². The molecule has 1 aromatic rings. The molecule has 0 aromatic carbocycles. The fourth-order valence-corrected chi connectivity index (χ4v) is 2.53. The van der Waals surface area contributed by atoms with Crippen molar-refractivity contribution in [2.45, 2.75) is 26.2 Å². The molecule has 3 heteroatoms. The Morgan fingerprint density at radius 3 is 2.92 bits per heavy atom. The molecule has 1 aliphatic carbocycles. The minimum Gasteiger partial charge on any atom is -0.330 e. The molecule has 1 aliphatic rings. The zero-order valence-corrected chi connectivity index (χ0v) is 8.54. The van der Waals surface area contributed by atoms with Crippen molar-refractivity contribution in [3.63, 3.8) is 0 Å². The predicted molar refractivity (Wildman–Crippen MR) is 52.6 cm³/mol. The fourth-order valence-electron chi connectivity index (χ4n) is 2.53. The Hall–Kier alpha value is -0.830. The van der Waals surface area contributed by atoms with Crippen LogP contribution in [0.2, 0.25) is 0 Å². The normalized spacial score (nSPS) is 26.5. The Labute approximate surface area is 78.9 Å². The summed E-state index contributed by atoms with van der Waals surface area (Å²) in [5.41, 5.74) is 9.75. The highest BCUT2D eigenvalue weighted by Gasteiger charge is 2.32. The van der Waals surface area contributed by atoms with Crippen LogP contribution in [0, 0.1) is 12.8 Å². The van der Waals surface area contributed by atoms with E-state index in [1.165, 1.54) is 11.3 Å².